The molecule has 1 saturated carbocycles. The molecule has 0 N–H and O–H groups in total. The van der Waals surface area contributed by atoms with Crippen LogP contribution >= 0.6 is 0 Å². The molecular formula is C12H23NO3. The van der Waals surface area contributed by atoms with Crippen LogP contribution in [0.5, 0.6) is 0 Å². The fraction of sp³-hybridized carbons (Fsp3) is 0.917. The highest BCUT2D eigenvalue weighted by Gasteiger charge is 2.47. The predicted octanol–water partition coefficient (Wildman–Crippen LogP) is 2.13. The van der Waals surface area contributed by atoms with E-state index >= 15 is 0 Å². The minimum atomic E-state index is -0.581. The molecule has 4 heteroatoms. The monoisotopic (exact) mass is 229 g/mol. The van der Waals surface area contributed by atoms with Crippen LogP contribution < -0.4 is 0 Å². The predicted molar refractivity (Wildman–Crippen MR) is 61.8 cm³/mol. The molecule has 0 heterocycles. The Morgan fingerprint density at radius 1 is 1.25 bits per heavy atom. The minimum absolute atomic E-state index is 0.184. The summed E-state index contributed by atoms with van der Waals surface area (Å²) in [6.07, 6.45) is 3.72. The summed E-state index contributed by atoms with van der Waals surface area (Å²) in [6.45, 7) is 5.93. The Balaban J connectivity index is 2.81. The van der Waals surface area contributed by atoms with Crippen LogP contribution in [0.25, 0.3) is 0 Å². The van der Waals surface area contributed by atoms with E-state index in [1.54, 1.807) is 5.06 Å². The number of nitrogens with zero attached hydrogens (tertiary/aromatic N) is 1. The van der Waals surface area contributed by atoms with E-state index in [0.717, 1.165) is 25.7 Å². The first-order valence-electron chi connectivity index (χ1n) is 5.83. The summed E-state index contributed by atoms with van der Waals surface area (Å²) in [5.74, 6) is -0.184. The first kappa shape index (κ1) is 13.5. The third kappa shape index (κ3) is 2.74. The lowest BCUT2D eigenvalue weighted by Crippen LogP contribution is -2.53. The van der Waals surface area contributed by atoms with Crippen molar-refractivity contribution in [2.75, 3.05) is 14.2 Å². The fourth-order valence-electron chi connectivity index (χ4n) is 2.30. The van der Waals surface area contributed by atoms with E-state index in [-0.39, 0.29) is 11.6 Å². The summed E-state index contributed by atoms with van der Waals surface area (Å²) in [7, 11) is 3.26. The fourth-order valence-corrected chi connectivity index (χ4v) is 2.30. The first-order chi connectivity index (χ1) is 7.32. The second-order valence-corrected chi connectivity index (χ2v) is 5.43. The zero-order chi connectivity index (χ0) is 12.4. The first-order valence-corrected chi connectivity index (χ1v) is 5.83. The number of methoxy groups -OCH3 is 1. The van der Waals surface area contributed by atoms with Crippen LogP contribution in [0.4, 0.5) is 0 Å². The Hall–Kier alpha value is -0.610. The number of likely N-dealkylation sites (N-methyl/N-ethyl adjacent to an activating group) is 1. The third-order valence-corrected chi connectivity index (χ3v) is 3.01. The molecule has 0 aromatic rings. The van der Waals surface area contributed by atoms with Crippen LogP contribution in [0.2, 0.25) is 0 Å². The summed E-state index contributed by atoms with van der Waals surface area (Å²) in [5, 5.41) is 1.70. The normalized spacial score (nSPS) is 20.1. The number of hydrogen-bond acceptors (Lipinski definition) is 4. The second kappa shape index (κ2) is 4.72. The van der Waals surface area contributed by atoms with Crippen molar-refractivity contribution >= 4 is 5.97 Å². The van der Waals surface area contributed by atoms with Gasteiger partial charge in [0, 0.05) is 7.05 Å². The molecular weight excluding hydrogens is 206 g/mol. The van der Waals surface area contributed by atoms with Gasteiger partial charge in [-0.05, 0) is 33.6 Å². The van der Waals surface area contributed by atoms with E-state index in [2.05, 4.69) is 0 Å². The van der Waals surface area contributed by atoms with Crippen molar-refractivity contribution in [2.24, 2.45) is 0 Å². The molecule has 0 saturated heterocycles. The number of hydroxylamine groups is 2. The highest BCUT2D eigenvalue weighted by molar-refractivity contribution is 5.80. The van der Waals surface area contributed by atoms with Gasteiger partial charge in [0.1, 0.15) is 5.54 Å². The summed E-state index contributed by atoms with van der Waals surface area (Å²) < 4.78 is 4.91. The number of carbonyl (C=O) groups is 1. The Morgan fingerprint density at radius 3 is 2.12 bits per heavy atom. The number of hydrogen-bond donors (Lipinski definition) is 0. The molecule has 0 radical (unpaired) electrons. The largest absolute Gasteiger partial charge is 0.468 e. The SMILES string of the molecule is COC(=O)C1(N(C)OC(C)(C)C)CCCC1. The van der Waals surface area contributed by atoms with Gasteiger partial charge in [-0.15, -0.1) is 0 Å². The van der Waals surface area contributed by atoms with E-state index in [1.165, 1.54) is 7.11 Å². The van der Waals surface area contributed by atoms with Gasteiger partial charge in [-0.1, -0.05) is 12.8 Å². The number of carbonyl (C=O) groups excluding carboxylic acids is 1. The van der Waals surface area contributed by atoms with Crippen molar-refractivity contribution in [3.8, 4) is 0 Å². The Bertz CT molecular complexity index is 251. The summed E-state index contributed by atoms with van der Waals surface area (Å²) in [6, 6.07) is 0. The Kier molecular flexibility index (Phi) is 3.97. The topological polar surface area (TPSA) is 38.8 Å². The summed E-state index contributed by atoms with van der Waals surface area (Å²) in [4.78, 5) is 17.7. The smallest absolute Gasteiger partial charge is 0.328 e. The molecule has 16 heavy (non-hydrogen) atoms. The molecule has 0 atom stereocenters. The maximum Gasteiger partial charge on any atom is 0.328 e. The molecule has 4 nitrogen and oxygen atoms in total. The van der Waals surface area contributed by atoms with Crippen LogP contribution in [-0.2, 0) is 14.4 Å². The van der Waals surface area contributed by atoms with E-state index < -0.39 is 5.54 Å². The molecule has 1 aliphatic carbocycles. The standard InChI is InChI=1S/C12H23NO3/c1-11(2,3)16-13(4)12(10(14)15-5)8-6-7-9-12/h6-9H2,1-5H3. The zero-order valence-electron chi connectivity index (χ0n) is 11.0. The van der Waals surface area contributed by atoms with Crippen LogP contribution in [0.15, 0.2) is 0 Å². The van der Waals surface area contributed by atoms with Gasteiger partial charge in [0.15, 0.2) is 0 Å². The molecule has 0 amide bonds. The third-order valence-electron chi connectivity index (χ3n) is 3.01. The lowest BCUT2D eigenvalue weighted by molar-refractivity contribution is -0.263. The maximum absolute atomic E-state index is 11.9. The van der Waals surface area contributed by atoms with Crippen molar-refractivity contribution in [1.82, 2.24) is 5.06 Å². The van der Waals surface area contributed by atoms with Crippen molar-refractivity contribution in [3.05, 3.63) is 0 Å². The van der Waals surface area contributed by atoms with Gasteiger partial charge in [0.25, 0.3) is 0 Å². The molecule has 0 aromatic carbocycles. The van der Waals surface area contributed by atoms with Crippen molar-refractivity contribution < 1.29 is 14.4 Å². The van der Waals surface area contributed by atoms with Crippen LogP contribution in [0, 0.1) is 0 Å². The van der Waals surface area contributed by atoms with Gasteiger partial charge < -0.3 is 4.74 Å². The van der Waals surface area contributed by atoms with E-state index in [1.807, 2.05) is 27.8 Å². The lowest BCUT2D eigenvalue weighted by Gasteiger charge is -2.38. The van der Waals surface area contributed by atoms with E-state index in [4.69, 9.17) is 9.57 Å². The van der Waals surface area contributed by atoms with Crippen LogP contribution in [0.1, 0.15) is 46.5 Å². The zero-order valence-corrected chi connectivity index (χ0v) is 11.0. The van der Waals surface area contributed by atoms with Gasteiger partial charge in [0.05, 0.1) is 12.7 Å². The molecule has 0 aromatic heterocycles. The van der Waals surface area contributed by atoms with Gasteiger partial charge in [0.2, 0.25) is 0 Å². The highest BCUT2D eigenvalue weighted by Crippen LogP contribution is 2.36. The molecule has 0 aliphatic heterocycles. The summed E-state index contributed by atoms with van der Waals surface area (Å²) in [5.41, 5.74) is -0.875. The van der Waals surface area contributed by atoms with Crippen molar-refractivity contribution in [3.63, 3.8) is 0 Å². The molecule has 0 unspecified atom stereocenters. The Morgan fingerprint density at radius 2 is 1.75 bits per heavy atom. The van der Waals surface area contributed by atoms with Gasteiger partial charge >= 0.3 is 5.97 Å². The van der Waals surface area contributed by atoms with Gasteiger partial charge in [-0.3, -0.25) is 4.84 Å². The minimum Gasteiger partial charge on any atom is -0.468 e. The number of rotatable bonds is 3. The van der Waals surface area contributed by atoms with Gasteiger partial charge in [-0.25, -0.2) is 4.79 Å². The molecule has 0 spiro atoms. The quantitative estimate of drug-likeness (QED) is 0.549. The number of ether oxygens (including phenoxy) is 1. The summed E-state index contributed by atoms with van der Waals surface area (Å²) >= 11 is 0. The lowest BCUT2D eigenvalue weighted by atomic mass is 9.97. The molecule has 1 rings (SSSR count). The van der Waals surface area contributed by atoms with Crippen LogP contribution in [-0.4, -0.2) is 36.3 Å². The molecule has 94 valence electrons. The molecule has 1 fully saturated rings. The van der Waals surface area contributed by atoms with E-state index in [0.29, 0.717) is 0 Å². The molecule has 1 aliphatic rings. The molecule has 0 bridgehead atoms. The average molecular weight is 229 g/mol. The second-order valence-electron chi connectivity index (χ2n) is 5.43. The highest BCUT2D eigenvalue weighted by atomic mass is 16.7. The van der Waals surface area contributed by atoms with Crippen molar-refractivity contribution in [2.45, 2.75) is 57.6 Å². The average Bonchev–Trinajstić information content (AvgIpc) is 2.63. The van der Waals surface area contributed by atoms with Crippen molar-refractivity contribution in [1.29, 1.82) is 0 Å². The Labute approximate surface area is 97.9 Å². The van der Waals surface area contributed by atoms with Crippen LogP contribution in [0.3, 0.4) is 0 Å². The maximum atomic E-state index is 11.9. The van der Waals surface area contributed by atoms with Gasteiger partial charge in [-0.2, -0.15) is 5.06 Å². The van der Waals surface area contributed by atoms with E-state index in [9.17, 15) is 4.79 Å². The number of esters is 1.